The maximum absolute atomic E-state index is 12.2. The highest BCUT2D eigenvalue weighted by atomic mass is 32.2. The molecule has 1 atom stereocenters. The summed E-state index contributed by atoms with van der Waals surface area (Å²) >= 11 is 1.52. The van der Waals surface area contributed by atoms with Gasteiger partial charge >= 0.3 is 0 Å². The zero-order chi connectivity index (χ0) is 16.1. The molecule has 0 unspecified atom stereocenters. The average molecular weight is 318 g/mol. The number of hydrogen-bond acceptors (Lipinski definition) is 4. The molecule has 1 heterocycles. The van der Waals surface area contributed by atoms with Crippen molar-refractivity contribution in [3.05, 3.63) is 47.3 Å². The number of primary amides is 1. The minimum absolute atomic E-state index is 0.0473. The van der Waals surface area contributed by atoms with Crippen molar-refractivity contribution >= 4 is 29.3 Å². The van der Waals surface area contributed by atoms with Gasteiger partial charge in [0.05, 0.1) is 16.6 Å². The molecule has 0 fully saturated rings. The Hall–Kier alpha value is -2.28. The first-order valence-electron chi connectivity index (χ1n) is 6.80. The van der Waals surface area contributed by atoms with Crippen molar-refractivity contribution in [3.63, 3.8) is 0 Å². The number of anilines is 1. The van der Waals surface area contributed by atoms with Crippen LogP contribution in [0.5, 0.6) is 0 Å². The van der Waals surface area contributed by atoms with E-state index in [1.807, 2.05) is 37.3 Å². The molecule has 1 aromatic heterocycles. The molecule has 0 bridgehead atoms. The maximum atomic E-state index is 12.2. The molecule has 0 saturated carbocycles. The summed E-state index contributed by atoms with van der Waals surface area (Å²) < 4.78 is 0. The smallest absolute Gasteiger partial charge is 0.271 e. The van der Waals surface area contributed by atoms with Crippen LogP contribution in [0.15, 0.2) is 30.3 Å². The highest BCUT2D eigenvalue weighted by molar-refractivity contribution is 7.99. The van der Waals surface area contributed by atoms with E-state index in [1.54, 1.807) is 6.92 Å². The minimum atomic E-state index is -0.677. The molecule has 0 spiro atoms. The van der Waals surface area contributed by atoms with Gasteiger partial charge in [-0.25, -0.2) is 0 Å². The van der Waals surface area contributed by atoms with E-state index >= 15 is 0 Å². The van der Waals surface area contributed by atoms with Crippen molar-refractivity contribution in [2.45, 2.75) is 24.9 Å². The highest BCUT2D eigenvalue weighted by Crippen LogP contribution is 2.21. The molecule has 4 N–H and O–H groups in total. The van der Waals surface area contributed by atoms with Crippen molar-refractivity contribution in [2.75, 3.05) is 5.32 Å². The molecular formula is C15H18N4O2S. The first kappa shape index (κ1) is 16.1. The van der Waals surface area contributed by atoms with E-state index in [1.165, 1.54) is 11.8 Å². The maximum Gasteiger partial charge on any atom is 0.271 e. The molecule has 22 heavy (non-hydrogen) atoms. The van der Waals surface area contributed by atoms with E-state index in [0.29, 0.717) is 11.4 Å². The zero-order valence-corrected chi connectivity index (χ0v) is 13.2. The number of H-pyrrole nitrogens is 1. The van der Waals surface area contributed by atoms with Gasteiger partial charge in [0.1, 0.15) is 0 Å². The van der Waals surface area contributed by atoms with E-state index in [0.717, 1.165) is 11.3 Å². The van der Waals surface area contributed by atoms with Gasteiger partial charge in [0.15, 0.2) is 5.69 Å². The van der Waals surface area contributed by atoms with Gasteiger partial charge in [-0.05, 0) is 19.4 Å². The van der Waals surface area contributed by atoms with E-state index in [2.05, 4.69) is 15.5 Å². The topological polar surface area (TPSA) is 101 Å². The number of benzene rings is 1. The van der Waals surface area contributed by atoms with Crippen LogP contribution in [0.3, 0.4) is 0 Å². The Labute approximate surface area is 132 Å². The largest absolute Gasteiger partial charge is 0.364 e. The van der Waals surface area contributed by atoms with Gasteiger partial charge in [0.25, 0.3) is 5.91 Å². The number of aromatic amines is 1. The number of nitrogens with zero attached hydrogens (tertiary/aromatic N) is 1. The van der Waals surface area contributed by atoms with Crippen molar-refractivity contribution in [3.8, 4) is 0 Å². The minimum Gasteiger partial charge on any atom is -0.364 e. The second-order valence-electron chi connectivity index (χ2n) is 4.86. The third kappa shape index (κ3) is 3.88. The number of thioether (sulfide) groups is 1. The van der Waals surface area contributed by atoms with Crippen LogP contribution in [0.25, 0.3) is 0 Å². The van der Waals surface area contributed by atoms with E-state index < -0.39 is 5.91 Å². The van der Waals surface area contributed by atoms with Gasteiger partial charge in [0, 0.05) is 5.75 Å². The summed E-state index contributed by atoms with van der Waals surface area (Å²) in [5.74, 6) is -0.125. The molecule has 0 aliphatic rings. The fourth-order valence-corrected chi connectivity index (χ4v) is 2.70. The third-order valence-electron chi connectivity index (χ3n) is 3.14. The molecule has 6 nitrogen and oxygen atoms in total. The zero-order valence-electron chi connectivity index (χ0n) is 12.4. The lowest BCUT2D eigenvalue weighted by atomic mass is 10.2. The Bertz CT molecular complexity index is 669. The first-order valence-corrected chi connectivity index (χ1v) is 7.85. The Kier molecular flexibility index (Phi) is 5.21. The molecule has 0 radical (unpaired) electrons. The monoisotopic (exact) mass is 318 g/mol. The number of nitrogens with two attached hydrogens (primary N) is 1. The number of carbonyl (C=O) groups excluding carboxylic acids is 2. The predicted molar refractivity (Wildman–Crippen MR) is 87.7 cm³/mol. The Morgan fingerprint density at radius 2 is 2.05 bits per heavy atom. The van der Waals surface area contributed by atoms with Crippen LogP contribution >= 0.6 is 11.8 Å². The predicted octanol–water partition coefficient (Wildman–Crippen LogP) is 2.08. The van der Waals surface area contributed by atoms with Gasteiger partial charge in [-0.2, -0.15) is 5.10 Å². The lowest BCUT2D eigenvalue weighted by Crippen LogP contribution is -2.24. The summed E-state index contributed by atoms with van der Waals surface area (Å²) in [7, 11) is 0. The summed E-state index contributed by atoms with van der Waals surface area (Å²) in [5, 5.41) is 8.90. The van der Waals surface area contributed by atoms with Gasteiger partial charge in [-0.3, -0.25) is 14.7 Å². The normalized spacial score (nSPS) is 11.9. The number of amides is 2. The Balaban J connectivity index is 1.97. The fraction of sp³-hybridized carbons (Fsp3) is 0.267. The van der Waals surface area contributed by atoms with E-state index in [9.17, 15) is 9.59 Å². The molecular weight excluding hydrogens is 300 g/mol. The van der Waals surface area contributed by atoms with Crippen LogP contribution in [0.1, 0.15) is 28.7 Å². The number of aryl methyl sites for hydroxylation is 1. The van der Waals surface area contributed by atoms with Crippen molar-refractivity contribution < 1.29 is 9.59 Å². The molecule has 2 rings (SSSR count). The van der Waals surface area contributed by atoms with Gasteiger partial charge in [0.2, 0.25) is 5.91 Å². The highest BCUT2D eigenvalue weighted by Gasteiger charge is 2.20. The van der Waals surface area contributed by atoms with Crippen molar-refractivity contribution in [1.82, 2.24) is 10.2 Å². The summed E-state index contributed by atoms with van der Waals surface area (Å²) in [4.78, 5) is 23.5. The SMILES string of the molecule is Cc1[nH]nc(C(N)=O)c1NC(=O)[C@H](C)SCc1ccccc1. The molecule has 1 aromatic carbocycles. The van der Waals surface area contributed by atoms with Crippen LogP contribution in [0.4, 0.5) is 5.69 Å². The quantitative estimate of drug-likeness (QED) is 0.759. The van der Waals surface area contributed by atoms with Crippen LogP contribution < -0.4 is 11.1 Å². The molecule has 0 aliphatic carbocycles. The van der Waals surface area contributed by atoms with Crippen LogP contribution in [0.2, 0.25) is 0 Å². The number of nitrogens with one attached hydrogen (secondary N) is 2. The summed E-state index contributed by atoms with van der Waals surface area (Å²) in [6.45, 7) is 3.54. The Morgan fingerprint density at radius 3 is 2.68 bits per heavy atom. The van der Waals surface area contributed by atoms with E-state index in [-0.39, 0.29) is 16.9 Å². The van der Waals surface area contributed by atoms with Gasteiger partial charge in [-0.1, -0.05) is 30.3 Å². The number of rotatable bonds is 6. The fourth-order valence-electron chi connectivity index (χ4n) is 1.86. The second kappa shape index (κ2) is 7.13. The number of aromatic nitrogens is 2. The molecule has 7 heteroatoms. The van der Waals surface area contributed by atoms with Gasteiger partial charge in [-0.15, -0.1) is 11.8 Å². The van der Waals surface area contributed by atoms with Crippen LogP contribution in [-0.2, 0) is 10.5 Å². The van der Waals surface area contributed by atoms with Gasteiger partial charge < -0.3 is 11.1 Å². The molecule has 0 saturated heterocycles. The average Bonchev–Trinajstić information content (AvgIpc) is 2.87. The lowest BCUT2D eigenvalue weighted by molar-refractivity contribution is -0.115. The first-order chi connectivity index (χ1) is 10.5. The summed E-state index contributed by atoms with van der Waals surface area (Å²) in [5.41, 5.74) is 7.39. The number of hydrogen-bond donors (Lipinski definition) is 3. The van der Waals surface area contributed by atoms with Crippen molar-refractivity contribution in [2.24, 2.45) is 5.73 Å². The van der Waals surface area contributed by atoms with Crippen LogP contribution in [0, 0.1) is 6.92 Å². The summed E-state index contributed by atoms with van der Waals surface area (Å²) in [6, 6.07) is 9.92. The number of carbonyl (C=O) groups is 2. The third-order valence-corrected chi connectivity index (χ3v) is 4.35. The van der Waals surface area contributed by atoms with Crippen molar-refractivity contribution in [1.29, 1.82) is 0 Å². The standard InChI is InChI=1S/C15H18N4O2S/c1-9-12(13(14(16)20)19-18-9)17-15(21)10(2)22-8-11-6-4-3-5-7-11/h3-7,10H,8H2,1-2H3,(H2,16,20)(H,17,21)(H,18,19)/t10-/m0/s1. The lowest BCUT2D eigenvalue weighted by Gasteiger charge is -2.12. The van der Waals surface area contributed by atoms with E-state index in [4.69, 9.17) is 5.73 Å². The molecule has 116 valence electrons. The molecule has 2 amide bonds. The Morgan fingerprint density at radius 1 is 1.36 bits per heavy atom. The summed E-state index contributed by atoms with van der Waals surface area (Å²) in [6.07, 6.45) is 0. The molecule has 0 aliphatic heterocycles. The van der Waals surface area contributed by atoms with Crippen LogP contribution in [-0.4, -0.2) is 27.3 Å². The second-order valence-corrected chi connectivity index (χ2v) is 6.19. The molecule has 2 aromatic rings.